The molecule has 4 heterocycles. The summed E-state index contributed by atoms with van der Waals surface area (Å²) in [5.74, 6) is -0.682. The Morgan fingerprint density at radius 1 is 1.00 bits per heavy atom. The molecule has 0 aliphatic carbocycles. The molecule has 0 amide bonds. The van der Waals surface area contributed by atoms with Gasteiger partial charge in [0.05, 0.1) is 17.8 Å². The first-order valence-electron chi connectivity index (χ1n) is 10.4. The molecule has 0 unspecified atom stereocenters. The molecule has 4 aromatic rings. The van der Waals surface area contributed by atoms with Crippen LogP contribution >= 0.6 is 0 Å². The van der Waals surface area contributed by atoms with Crippen LogP contribution in [0.15, 0.2) is 48.8 Å². The molecule has 8 heteroatoms. The lowest BCUT2D eigenvalue weighted by molar-refractivity contribution is 0.0394. The van der Waals surface area contributed by atoms with E-state index in [2.05, 4.69) is 19.9 Å². The quantitative estimate of drug-likeness (QED) is 0.472. The third-order valence-corrected chi connectivity index (χ3v) is 5.51. The lowest BCUT2D eigenvalue weighted by Crippen LogP contribution is -2.39. The van der Waals surface area contributed by atoms with Crippen LogP contribution in [0, 0.1) is 25.5 Å². The lowest BCUT2D eigenvalue weighted by atomic mass is 10.1. The van der Waals surface area contributed by atoms with Gasteiger partial charge in [0.15, 0.2) is 0 Å². The number of hydrogen-bond acceptors (Lipinski definition) is 6. The number of aryl methyl sites for hydroxylation is 2. The fourth-order valence-corrected chi connectivity index (χ4v) is 3.96. The standard InChI is InChI=1S/C24H21F2N5O/c1-14-9-16(5-6-27-14)21-13-31(7-8-32-21)22-11-20-24(28-12-15(2)29-20)23(30-22)18-4-3-17(25)10-19(18)26/h3-6,9-12,21H,7-8,13H2,1-2H3/t21-/m0/s1. The highest BCUT2D eigenvalue weighted by Gasteiger charge is 2.25. The topological polar surface area (TPSA) is 64.0 Å². The van der Waals surface area contributed by atoms with E-state index in [1.54, 1.807) is 12.4 Å². The lowest BCUT2D eigenvalue weighted by Gasteiger charge is -2.34. The number of nitrogens with zero attached hydrogens (tertiary/aromatic N) is 5. The predicted octanol–water partition coefficient (Wildman–Crippen LogP) is 4.56. The highest BCUT2D eigenvalue weighted by molar-refractivity contribution is 5.91. The number of fused-ring (bicyclic) bond motifs is 1. The van der Waals surface area contributed by atoms with Crippen molar-refractivity contribution >= 4 is 16.9 Å². The van der Waals surface area contributed by atoms with E-state index in [-0.39, 0.29) is 11.7 Å². The van der Waals surface area contributed by atoms with Crippen LogP contribution in [0.3, 0.4) is 0 Å². The van der Waals surface area contributed by atoms with Crippen molar-refractivity contribution in [2.24, 2.45) is 0 Å². The maximum Gasteiger partial charge on any atom is 0.135 e. The van der Waals surface area contributed by atoms with Gasteiger partial charge in [-0.3, -0.25) is 9.97 Å². The Morgan fingerprint density at radius 2 is 1.88 bits per heavy atom. The molecule has 1 aromatic carbocycles. The van der Waals surface area contributed by atoms with E-state index >= 15 is 0 Å². The Hall–Kier alpha value is -3.52. The largest absolute Gasteiger partial charge is 0.370 e. The Morgan fingerprint density at radius 3 is 2.69 bits per heavy atom. The summed E-state index contributed by atoms with van der Waals surface area (Å²) in [5, 5.41) is 0. The second-order valence-corrected chi connectivity index (χ2v) is 7.87. The second kappa shape index (κ2) is 8.20. The van der Waals surface area contributed by atoms with Crippen LogP contribution in [0.2, 0.25) is 0 Å². The highest BCUT2D eigenvalue weighted by atomic mass is 19.1. The van der Waals surface area contributed by atoms with Crippen molar-refractivity contribution < 1.29 is 13.5 Å². The highest BCUT2D eigenvalue weighted by Crippen LogP contribution is 2.32. The van der Waals surface area contributed by atoms with Gasteiger partial charge in [0.1, 0.15) is 34.8 Å². The maximum atomic E-state index is 14.7. The van der Waals surface area contributed by atoms with Gasteiger partial charge < -0.3 is 9.64 Å². The monoisotopic (exact) mass is 433 g/mol. The number of pyridine rings is 2. The van der Waals surface area contributed by atoms with Crippen molar-refractivity contribution in [3.63, 3.8) is 0 Å². The Kier molecular flexibility index (Phi) is 5.22. The van der Waals surface area contributed by atoms with E-state index in [0.717, 1.165) is 23.0 Å². The van der Waals surface area contributed by atoms with E-state index in [4.69, 9.17) is 9.72 Å². The molecule has 1 atom stereocenters. The number of halogens is 2. The minimum absolute atomic E-state index is 0.141. The number of benzene rings is 1. The van der Waals surface area contributed by atoms with Gasteiger partial charge in [0.2, 0.25) is 0 Å². The summed E-state index contributed by atoms with van der Waals surface area (Å²) in [6.07, 6.45) is 3.25. The molecule has 1 aliphatic rings. The minimum Gasteiger partial charge on any atom is -0.370 e. The summed E-state index contributed by atoms with van der Waals surface area (Å²) in [5.41, 5.74) is 4.31. The molecule has 1 saturated heterocycles. The van der Waals surface area contributed by atoms with E-state index in [1.807, 2.05) is 32.0 Å². The van der Waals surface area contributed by atoms with Crippen LogP contribution < -0.4 is 4.90 Å². The molecule has 0 bridgehead atoms. The summed E-state index contributed by atoms with van der Waals surface area (Å²) in [4.78, 5) is 20.1. The number of hydrogen-bond donors (Lipinski definition) is 0. The van der Waals surface area contributed by atoms with Gasteiger partial charge in [0.25, 0.3) is 0 Å². The van der Waals surface area contributed by atoms with Crippen LogP contribution in [-0.2, 0) is 4.74 Å². The molecule has 1 fully saturated rings. The van der Waals surface area contributed by atoms with Crippen molar-refractivity contribution in [3.05, 3.63) is 77.4 Å². The van der Waals surface area contributed by atoms with Gasteiger partial charge >= 0.3 is 0 Å². The summed E-state index contributed by atoms with van der Waals surface area (Å²) in [6, 6.07) is 9.28. The number of ether oxygens (including phenoxy) is 1. The second-order valence-electron chi connectivity index (χ2n) is 7.87. The van der Waals surface area contributed by atoms with Crippen molar-refractivity contribution in [2.45, 2.75) is 20.0 Å². The normalized spacial score (nSPS) is 16.5. The first-order valence-corrected chi connectivity index (χ1v) is 10.4. The first kappa shape index (κ1) is 20.4. The van der Waals surface area contributed by atoms with E-state index in [9.17, 15) is 8.78 Å². The van der Waals surface area contributed by atoms with Gasteiger partial charge in [-0.25, -0.2) is 18.7 Å². The van der Waals surface area contributed by atoms with Crippen molar-refractivity contribution in [1.29, 1.82) is 0 Å². The molecule has 162 valence electrons. The molecular weight excluding hydrogens is 412 g/mol. The summed E-state index contributed by atoms with van der Waals surface area (Å²) in [6.45, 7) is 5.52. The molecule has 32 heavy (non-hydrogen) atoms. The van der Waals surface area contributed by atoms with Crippen LogP contribution in [0.25, 0.3) is 22.3 Å². The summed E-state index contributed by atoms with van der Waals surface area (Å²) in [7, 11) is 0. The van der Waals surface area contributed by atoms with Gasteiger partial charge in [-0.15, -0.1) is 0 Å². The maximum absolute atomic E-state index is 14.7. The Balaban J connectivity index is 1.59. The first-order chi connectivity index (χ1) is 15.5. The fraction of sp³-hybridized carbons (Fsp3) is 0.250. The van der Waals surface area contributed by atoms with E-state index < -0.39 is 11.6 Å². The SMILES string of the molecule is Cc1cc([C@@H]2CN(c3cc4nc(C)cnc4c(-c4ccc(F)cc4F)n3)CCO2)ccn1. The third-order valence-electron chi connectivity index (χ3n) is 5.51. The molecule has 5 rings (SSSR count). The average molecular weight is 433 g/mol. The molecular formula is C24H21F2N5O. The summed E-state index contributed by atoms with van der Waals surface area (Å²) >= 11 is 0. The molecule has 6 nitrogen and oxygen atoms in total. The third kappa shape index (κ3) is 3.89. The molecule has 1 aliphatic heterocycles. The van der Waals surface area contributed by atoms with Gasteiger partial charge in [0, 0.05) is 48.9 Å². The van der Waals surface area contributed by atoms with Crippen molar-refractivity contribution in [2.75, 3.05) is 24.6 Å². The van der Waals surface area contributed by atoms with Gasteiger partial charge in [-0.2, -0.15) is 0 Å². The number of rotatable bonds is 3. The number of aromatic nitrogens is 4. The predicted molar refractivity (Wildman–Crippen MR) is 117 cm³/mol. The van der Waals surface area contributed by atoms with Crippen molar-refractivity contribution in [1.82, 2.24) is 19.9 Å². The molecule has 3 aromatic heterocycles. The van der Waals surface area contributed by atoms with E-state index in [1.165, 1.54) is 12.1 Å². The Bertz CT molecular complexity index is 1310. The zero-order valence-electron chi connectivity index (χ0n) is 17.7. The summed E-state index contributed by atoms with van der Waals surface area (Å²) < 4.78 is 34.2. The van der Waals surface area contributed by atoms with Crippen molar-refractivity contribution in [3.8, 4) is 11.3 Å². The van der Waals surface area contributed by atoms with E-state index in [0.29, 0.717) is 42.2 Å². The van der Waals surface area contributed by atoms with Gasteiger partial charge in [-0.05, 0) is 43.7 Å². The average Bonchev–Trinajstić information content (AvgIpc) is 2.78. The zero-order chi connectivity index (χ0) is 22.2. The minimum atomic E-state index is -0.689. The van der Waals surface area contributed by atoms with Crippen LogP contribution in [0.1, 0.15) is 23.1 Å². The molecule has 0 spiro atoms. The van der Waals surface area contributed by atoms with Crippen LogP contribution in [0.4, 0.5) is 14.6 Å². The smallest absolute Gasteiger partial charge is 0.135 e. The fourth-order valence-electron chi connectivity index (χ4n) is 3.96. The number of anilines is 1. The molecule has 0 N–H and O–H groups in total. The molecule has 0 radical (unpaired) electrons. The zero-order valence-corrected chi connectivity index (χ0v) is 17.7. The van der Waals surface area contributed by atoms with Crippen LogP contribution in [-0.4, -0.2) is 39.6 Å². The van der Waals surface area contributed by atoms with Gasteiger partial charge in [-0.1, -0.05) is 0 Å². The molecule has 0 saturated carbocycles. The number of morpholine rings is 1. The van der Waals surface area contributed by atoms with Crippen LogP contribution in [0.5, 0.6) is 0 Å². The Labute approximate surface area is 183 Å².